The summed E-state index contributed by atoms with van der Waals surface area (Å²) in [5.74, 6) is 0.566. The van der Waals surface area contributed by atoms with Gasteiger partial charge in [-0.3, -0.25) is 4.79 Å². The lowest BCUT2D eigenvalue weighted by Gasteiger charge is -2.10. The molecule has 24 heavy (non-hydrogen) atoms. The highest BCUT2D eigenvalue weighted by molar-refractivity contribution is 5.94. The molecule has 0 heterocycles. The van der Waals surface area contributed by atoms with Crippen molar-refractivity contribution in [2.45, 2.75) is 6.42 Å². The highest BCUT2D eigenvalue weighted by atomic mass is 19.1. The van der Waals surface area contributed by atoms with Gasteiger partial charge in [0.25, 0.3) is 5.91 Å². The maximum absolute atomic E-state index is 13.8. The Hall–Kier alpha value is -2.76. The first kappa shape index (κ1) is 17.6. The number of amides is 1. The molecule has 1 amide bonds. The topological polar surface area (TPSA) is 56.8 Å². The molecule has 1 N–H and O–H groups in total. The fourth-order valence-corrected chi connectivity index (χ4v) is 2.26. The summed E-state index contributed by atoms with van der Waals surface area (Å²) in [5.41, 5.74) is 0.964. The van der Waals surface area contributed by atoms with Crippen molar-refractivity contribution in [1.82, 2.24) is 5.32 Å². The summed E-state index contributed by atoms with van der Waals surface area (Å²) in [6, 6.07) is 9.68. The lowest BCUT2D eigenvalue weighted by molar-refractivity contribution is 0.0950. The van der Waals surface area contributed by atoms with Crippen molar-refractivity contribution < 1.29 is 23.4 Å². The van der Waals surface area contributed by atoms with E-state index in [1.807, 2.05) is 12.1 Å². The van der Waals surface area contributed by atoms with Gasteiger partial charge in [0.05, 0.1) is 26.9 Å². The van der Waals surface area contributed by atoms with Crippen molar-refractivity contribution in [3.63, 3.8) is 0 Å². The van der Waals surface area contributed by atoms with Gasteiger partial charge in [-0.2, -0.15) is 0 Å². The Bertz CT molecular complexity index is 718. The SMILES string of the molecule is COc1ccc(C(=O)NCCc2ccc(OC)c(OC)c2)c(F)c1. The van der Waals surface area contributed by atoms with Crippen LogP contribution in [0, 0.1) is 5.82 Å². The number of methoxy groups -OCH3 is 3. The number of benzene rings is 2. The molecule has 0 aliphatic rings. The Labute approximate surface area is 140 Å². The van der Waals surface area contributed by atoms with Crippen molar-refractivity contribution in [2.75, 3.05) is 27.9 Å². The van der Waals surface area contributed by atoms with E-state index in [2.05, 4.69) is 5.32 Å². The van der Waals surface area contributed by atoms with E-state index in [9.17, 15) is 9.18 Å². The van der Waals surface area contributed by atoms with Gasteiger partial charge in [0.15, 0.2) is 11.5 Å². The molecule has 0 aliphatic heterocycles. The van der Waals surface area contributed by atoms with Gasteiger partial charge in [-0.25, -0.2) is 4.39 Å². The smallest absolute Gasteiger partial charge is 0.254 e. The van der Waals surface area contributed by atoms with Crippen LogP contribution in [0.1, 0.15) is 15.9 Å². The minimum Gasteiger partial charge on any atom is -0.497 e. The predicted octanol–water partition coefficient (Wildman–Crippen LogP) is 2.82. The molecule has 5 nitrogen and oxygen atoms in total. The molecule has 0 saturated carbocycles. The van der Waals surface area contributed by atoms with Crippen molar-refractivity contribution >= 4 is 5.91 Å². The number of ether oxygens (including phenoxy) is 3. The lowest BCUT2D eigenvalue weighted by atomic mass is 10.1. The van der Waals surface area contributed by atoms with Crippen LogP contribution in [0.5, 0.6) is 17.2 Å². The molecule has 0 radical (unpaired) electrons. The summed E-state index contributed by atoms with van der Waals surface area (Å²) in [7, 11) is 4.58. The van der Waals surface area contributed by atoms with E-state index < -0.39 is 11.7 Å². The number of nitrogens with one attached hydrogen (secondary N) is 1. The Balaban J connectivity index is 1.95. The van der Waals surface area contributed by atoms with E-state index in [-0.39, 0.29) is 5.56 Å². The van der Waals surface area contributed by atoms with Crippen LogP contribution in [0.3, 0.4) is 0 Å². The number of carbonyl (C=O) groups excluding carboxylic acids is 1. The lowest BCUT2D eigenvalue weighted by Crippen LogP contribution is -2.26. The Morgan fingerprint density at radius 2 is 1.75 bits per heavy atom. The van der Waals surface area contributed by atoms with Crippen LogP contribution < -0.4 is 19.5 Å². The van der Waals surface area contributed by atoms with E-state index >= 15 is 0 Å². The summed E-state index contributed by atoms with van der Waals surface area (Å²) < 4.78 is 29.2. The van der Waals surface area contributed by atoms with E-state index in [1.165, 1.54) is 19.2 Å². The van der Waals surface area contributed by atoms with E-state index in [0.717, 1.165) is 5.56 Å². The minimum absolute atomic E-state index is 0.0110. The molecule has 0 aliphatic carbocycles. The number of carbonyl (C=O) groups is 1. The molecule has 0 atom stereocenters. The Morgan fingerprint density at radius 1 is 1.00 bits per heavy atom. The standard InChI is InChI=1S/C18H20FNO4/c1-22-13-5-6-14(15(19)11-13)18(21)20-9-8-12-4-7-16(23-2)17(10-12)24-3/h4-7,10-11H,8-9H2,1-3H3,(H,20,21). The zero-order valence-corrected chi connectivity index (χ0v) is 13.9. The third-order valence-corrected chi connectivity index (χ3v) is 3.57. The van der Waals surface area contributed by atoms with Crippen LogP contribution in [0.2, 0.25) is 0 Å². The highest BCUT2D eigenvalue weighted by Crippen LogP contribution is 2.27. The van der Waals surface area contributed by atoms with Crippen LogP contribution in [0.25, 0.3) is 0 Å². The van der Waals surface area contributed by atoms with E-state index in [1.54, 1.807) is 26.4 Å². The van der Waals surface area contributed by atoms with Gasteiger partial charge >= 0.3 is 0 Å². The van der Waals surface area contributed by atoms with Crippen LogP contribution >= 0.6 is 0 Å². The molecule has 2 aromatic rings. The highest BCUT2D eigenvalue weighted by Gasteiger charge is 2.12. The molecular weight excluding hydrogens is 313 g/mol. The fourth-order valence-electron chi connectivity index (χ4n) is 2.26. The second kappa shape index (κ2) is 8.19. The summed E-state index contributed by atoms with van der Waals surface area (Å²) in [4.78, 5) is 12.0. The zero-order chi connectivity index (χ0) is 17.5. The molecule has 2 rings (SSSR count). The fraction of sp³-hybridized carbons (Fsp3) is 0.278. The minimum atomic E-state index is -0.613. The van der Waals surface area contributed by atoms with Gasteiger partial charge in [-0.15, -0.1) is 0 Å². The van der Waals surface area contributed by atoms with Crippen molar-refractivity contribution in [2.24, 2.45) is 0 Å². The van der Waals surface area contributed by atoms with Crippen molar-refractivity contribution in [3.8, 4) is 17.2 Å². The van der Waals surface area contributed by atoms with Gasteiger partial charge in [0, 0.05) is 12.6 Å². The number of rotatable bonds is 7. The first-order chi connectivity index (χ1) is 11.6. The maximum atomic E-state index is 13.8. The first-order valence-corrected chi connectivity index (χ1v) is 7.41. The molecule has 2 aromatic carbocycles. The largest absolute Gasteiger partial charge is 0.497 e. The normalized spacial score (nSPS) is 10.2. The van der Waals surface area contributed by atoms with Crippen molar-refractivity contribution in [1.29, 1.82) is 0 Å². The van der Waals surface area contributed by atoms with Crippen LogP contribution in [0.15, 0.2) is 36.4 Å². The third kappa shape index (κ3) is 4.16. The molecule has 0 spiro atoms. The van der Waals surface area contributed by atoms with E-state index in [4.69, 9.17) is 14.2 Å². The zero-order valence-electron chi connectivity index (χ0n) is 13.9. The monoisotopic (exact) mass is 333 g/mol. The van der Waals surface area contributed by atoms with Crippen LogP contribution in [0.4, 0.5) is 4.39 Å². The predicted molar refractivity (Wildman–Crippen MR) is 88.5 cm³/mol. The Kier molecular flexibility index (Phi) is 6.01. The number of hydrogen-bond acceptors (Lipinski definition) is 4. The average molecular weight is 333 g/mol. The molecule has 128 valence electrons. The van der Waals surface area contributed by atoms with Gasteiger partial charge in [0.2, 0.25) is 0 Å². The third-order valence-electron chi connectivity index (χ3n) is 3.57. The molecule has 6 heteroatoms. The number of halogens is 1. The molecular formula is C18H20FNO4. The van der Waals surface area contributed by atoms with Gasteiger partial charge in [-0.1, -0.05) is 6.07 Å². The Morgan fingerprint density at radius 3 is 2.38 bits per heavy atom. The summed E-state index contributed by atoms with van der Waals surface area (Å²) >= 11 is 0. The average Bonchev–Trinajstić information content (AvgIpc) is 2.61. The number of hydrogen-bond donors (Lipinski definition) is 1. The summed E-state index contributed by atoms with van der Waals surface area (Å²) in [6.45, 7) is 0.375. The van der Waals surface area contributed by atoms with Crippen molar-refractivity contribution in [3.05, 3.63) is 53.3 Å². The van der Waals surface area contributed by atoms with Crippen LogP contribution in [-0.4, -0.2) is 33.8 Å². The first-order valence-electron chi connectivity index (χ1n) is 7.41. The molecule has 0 bridgehead atoms. The quantitative estimate of drug-likeness (QED) is 0.846. The molecule has 0 saturated heterocycles. The van der Waals surface area contributed by atoms with Crippen LogP contribution in [-0.2, 0) is 6.42 Å². The molecule has 0 fully saturated rings. The second-order valence-corrected chi connectivity index (χ2v) is 5.04. The van der Waals surface area contributed by atoms with Gasteiger partial charge in [0.1, 0.15) is 11.6 Å². The van der Waals surface area contributed by atoms with Gasteiger partial charge in [-0.05, 0) is 36.2 Å². The second-order valence-electron chi connectivity index (χ2n) is 5.04. The van der Waals surface area contributed by atoms with E-state index in [0.29, 0.717) is 30.2 Å². The summed E-state index contributed by atoms with van der Waals surface area (Å²) in [5, 5.41) is 2.70. The van der Waals surface area contributed by atoms with Gasteiger partial charge < -0.3 is 19.5 Å². The molecule has 0 unspecified atom stereocenters. The maximum Gasteiger partial charge on any atom is 0.254 e. The summed E-state index contributed by atoms with van der Waals surface area (Å²) in [6.07, 6.45) is 0.587. The molecule has 0 aromatic heterocycles.